The molecule has 2 heterocycles. The third-order valence-corrected chi connectivity index (χ3v) is 7.10. The fraction of sp³-hybridized carbons (Fsp3) is 0.913. The number of rotatable bonds is 7. The summed E-state index contributed by atoms with van der Waals surface area (Å²) in [5, 5.41) is 0. The molecule has 28 heavy (non-hydrogen) atoms. The van der Waals surface area contributed by atoms with Crippen LogP contribution in [0.4, 0.5) is 0 Å². The molecule has 6 atom stereocenters. The molecule has 0 aromatic carbocycles. The smallest absolute Gasteiger partial charge is 0.312 e. The molecule has 5 heteroatoms. The fourth-order valence-electron chi connectivity index (χ4n) is 5.61. The van der Waals surface area contributed by atoms with Crippen molar-refractivity contribution in [3.63, 3.8) is 0 Å². The number of hydrogen-bond donors (Lipinski definition) is 0. The van der Waals surface area contributed by atoms with Gasteiger partial charge in [0.1, 0.15) is 12.7 Å². The Balaban J connectivity index is 1.51. The average Bonchev–Trinajstić information content (AvgIpc) is 2.73. The van der Waals surface area contributed by atoms with Crippen LogP contribution < -0.4 is 0 Å². The molecule has 4 rings (SSSR count). The van der Waals surface area contributed by atoms with Crippen molar-refractivity contribution in [3.05, 3.63) is 0 Å². The van der Waals surface area contributed by atoms with Crippen LogP contribution in [0.25, 0.3) is 0 Å². The van der Waals surface area contributed by atoms with E-state index in [1.807, 2.05) is 6.92 Å². The maximum Gasteiger partial charge on any atom is 0.312 e. The largest absolute Gasteiger partial charge is 0.463 e. The van der Waals surface area contributed by atoms with Crippen molar-refractivity contribution in [1.29, 1.82) is 0 Å². The zero-order valence-corrected chi connectivity index (χ0v) is 18.5. The van der Waals surface area contributed by atoms with E-state index >= 15 is 0 Å². The van der Waals surface area contributed by atoms with Crippen LogP contribution in [-0.2, 0) is 23.8 Å². The lowest BCUT2D eigenvalue weighted by molar-refractivity contribution is -0.167. The van der Waals surface area contributed by atoms with E-state index in [1.165, 1.54) is 0 Å². The summed E-state index contributed by atoms with van der Waals surface area (Å²) in [5.41, 5.74) is -0.453. The molecule has 0 amide bonds. The molecular formula is C23H38O5. The second-order valence-corrected chi connectivity index (χ2v) is 11.0. The van der Waals surface area contributed by atoms with E-state index in [1.54, 1.807) is 0 Å². The Labute approximate surface area is 169 Å². The molecule has 0 N–H and O–H groups in total. The minimum Gasteiger partial charge on any atom is -0.463 e. The summed E-state index contributed by atoms with van der Waals surface area (Å²) in [5.74, 6) is 1.07. The van der Waals surface area contributed by atoms with Crippen molar-refractivity contribution in [3.8, 4) is 0 Å². The van der Waals surface area contributed by atoms with Gasteiger partial charge in [0.15, 0.2) is 0 Å². The predicted molar refractivity (Wildman–Crippen MR) is 107 cm³/mol. The standard InChI is InChI=1S/C23H38O5/c1-14(2)23(6,13-22(3,4)5)21(25)27-8-7-26-19-16-9-15-10-17(12-16)20(24)28-18(19)11-15/h14-19H,7-13H2,1-6H3. The van der Waals surface area contributed by atoms with E-state index in [0.717, 1.165) is 32.1 Å². The summed E-state index contributed by atoms with van der Waals surface area (Å²) < 4.78 is 17.5. The van der Waals surface area contributed by atoms with Crippen molar-refractivity contribution in [2.45, 2.75) is 85.9 Å². The first-order valence-electron chi connectivity index (χ1n) is 11.0. The quantitative estimate of drug-likeness (QED) is 0.474. The Hall–Kier alpha value is -1.10. The lowest BCUT2D eigenvalue weighted by atomic mass is 9.67. The molecule has 2 saturated carbocycles. The van der Waals surface area contributed by atoms with Crippen molar-refractivity contribution in [1.82, 2.24) is 0 Å². The van der Waals surface area contributed by atoms with Gasteiger partial charge in [-0.1, -0.05) is 34.6 Å². The molecule has 2 aliphatic carbocycles. The fourth-order valence-corrected chi connectivity index (χ4v) is 5.61. The molecule has 5 nitrogen and oxygen atoms in total. The highest BCUT2D eigenvalue weighted by Gasteiger charge is 2.50. The first-order chi connectivity index (χ1) is 13.0. The number of hydrogen-bond acceptors (Lipinski definition) is 5. The zero-order chi connectivity index (χ0) is 20.7. The Kier molecular flexibility index (Phi) is 6.15. The predicted octanol–water partition coefficient (Wildman–Crippen LogP) is 4.37. The molecule has 160 valence electrons. The summed E-state index contributed by atoms with van der Waals surface area (Å²) in [6.07, 6.45) is 4.52. The van der Waals surface area contributed by atoms with Crippen LogP contribution in [0.3, 0.4) is 0 Å². The van der Waals surface area contributed by atoms with Crippen molar-refractivity contribution < 1.29 is 23.8 Å². The Morgan fingerprint density at radius 1 is 1.11 bits per heavy atom. The van der Waals surface area contributed by atoms with E-state index in [4.69, 9.17) is 14.2 Å². The first kappa shape index (κ1) is 21.6. The molecule has 4 aliphatic rings. The third kappa shape index (κ3) is 4.55. The van der Waals surface area contributed by atoms with E-state index in [2.05, 4.69) is 34.6 Å². The van der Waals surface area contributed by atoms with E-state index in [0.29, 0.717) is 18.4 Å². The number of carbonyl (C=O) groups excluding carboxylic acids is 2. The lowest BCUT2D eigenvalue weighted by Crippen LogP contribution is -2.45. The Morgan fingerprint density at radius 3 is 2.46 bits per heavy atom. The van der Waals surface area contributed by atoms with Crippen LogP contribution in [0.5, 0.6) is 0 Å². The van der Waals surface area contributed by atoms with Gasteiger partial charge in [0.2, 0.25) is 0 Å². The molecule has 0 spiro atoms. The highest BCUT2D eigenvalue weighted by Crippen LogP contribution is 2.48. The van der Waals surface area contributed by atoms with Gasteiger partial charge in [0.25, 0.3) is 0 Å². The van der Waals surface area contributed by atoms with Gasteiger partial charge in [-0.05, 0) is 62.2 Å². The van der Waals surface area contributed by atoms with Crippen molar-refractivity contribution in [2.75, 3.05) is 13.2 Å². The number of fused-ring (bicyclic) bond motifs is 1. The van der Waals surface area contributed by atoms with Gasteiger partial charge >= 0.3 is 11.9 Å². The highest BCUT2D eigenvalue weighted by molar-refractivity contribution is 5.76. The Bertz CT molecular complexity index is 592. The summed E-state index contributed by atoms with van der Waals surface area (Å²) in [7, 11) is 0. The molecular weight excluding hydrogens is 356 g/mol. The molecule has 0 aromatic heterocycles. The summed E-state index contributed by atoms with van der Waals surface area (Å²) >= 11 is 0. The van der Waals surface area contributed by atoms with Gasteiger partial charge in [0, 0.05) is 0 Å². The summed E-state index contributed by atoms with van der Waals surface area (Å²) in [6, 6.07) is 0. The maximum atomic E-state index is 12.8. The molecule has 4 fully saturated rings. The van der Waals surface area contributed by atoms with E-state index in [-0.39, 0.29) is 48.0 Å². The van der Waals surface area contributed by atoms with Crippen molar-refractivity contribution in [2.24, 2.45) is 34.5 Å². The molecule has 2 aliphatic heterocycles. The van der Waals surface area contributed by atoms with Crippen LogP contribution in [0.2, 0.25) is 0 Å². The summed E-state index contributed by atoms with van der Waals surface area (Å²) in [4.78, 5) is 25.0. The third-order valence-electron chi connectivity index (χ3n) is 7.10. The molecule has 0 aromatic rings. The maximum absolute atomic E-state index is 12.8. The van der Waals surface area contributed by atoms with Gasteiger partial charge in [-0.2, -0.15) is 0 Å². The number of esters is 2. The van der Waals surface area contributed by atoms with E-state index in [9.17, 15) is 9.59 Å². The van der Waals surface area contributed by atoms with Crippen LogP contribution >= 0.6 is 0 Å². The highest BCUT2D eigenvalue weighted by atomic mass is 16.6. The van der Waals surface area contributed by atoms with Crippen LogP contribution in [0, 0.1) is 34.5 Å². The first-order valence-corrected chi connectivity index (χ1v) is 11.0. The lowest BCUT2D eigenvalue weighted by Gasteiger charge is -2.41. The monoisotopic (exact) mass is 394 g/mol. The van der Waals surface area contributed by atoms with Gasteiger partial charge < -0.3 is 14.2 Å². The van der Waals surface area contributed by atoms with Crippen LogP contribution in [0.15, 0.2) is 0 Å². The van der Waals surface area contributed by atoms with Gasteiger partial charge in [-0.3, -0.25) is 9.59 Å². The minimum absolute atomic E-state index is 0.0374. The summed E-state index contributed by atoms with van der Waals surface area (Å²) in [6.45, 7) is 13.2. The Morgan fingerprint density at radius 2 is 1.82 bits per heavy atom. The topological polar surface area (TPSA) is 61.8 Å². The molecule has 4 bridgehead atoms. The van der Waals surface area contributed by atoms with Gasteiger partial charge in [-0.25, -0.2) is 0 Å². The van der Waals surface area contributed by atoms with Crippen LogP contribution in [0.1, 0.15) is 73.6 Å². The molecule has 6 unspecified atom stereocenters. The second kappa shape index (κ2) is 7.97. The zero-order valence-electron chi connectivity index (χ0n) is 18.5. The molecule has 2 saturated heterocycles. The SMILES string of the molecule is CC(C)C(C)(CC(C)(C)C)C(=O)OCCOC1C2CC3CC(C2)C(=O)OC1C3. The number of carbonyl (C=O) groups is 2. The normalized spacial score (nSPS) is 34.1. The van der Waals surface area contributed by atoms with Gasteiger partial charge in [-0.15, -0.1) is 0 Å². The second-order valence-electron chi connectivity index (χ2n) is 11.0. The average molecular weight is 395 g/mol. The van der Waals surface area contributed by atoms with Crippen LogP contribution in [-0.4, -0.2) is 37.4 Å². The molecule has 0 radical (unpaired) electrons. The van der Waals surface area contributed by atoms with Crippen molar-refractivity contribution >= 4 is 11.9 Å². The minimum atomic E-state index is -0.506. The van der Waals surface area contributed by atoms with Gasteiger partial charge in [0.05, 0.1) is 24.0 Å². The number of ether oxygens (including phenoxy) is 3. The van der Waals surface area contributed by atoms with E-state index < -0.39 is 5.41 Å².